The van der Waals surface area contributed by atoms with E-state index in [1.165, 1.54) is 0 Å². The van der Waals surface area contributed by atoms with Gasteiger partial charge in [-0.2, -0.15) is 5.10 Å². The van der Waals surface area contributed by atoms with E-state index in [-0.39, 0.29) is 5.91 Å². The summed E-state index contributed by atoms with van der Waals surface area (Å²) in [6, 6.07) is 15.0. The van der Waals surface area contributed by atoms with Crippen LogP contribution in [0, 0.1) is 6.92 Å². The third kappa shape index (κ3) is 3.54. The molecule has 1 heterocycles. The van der Waals surface area contributed by atoms with Crippen LogP contribution >= 0.6 is 0 Å². The van der Waals surface area contributed by atoms with E-state index < -0.39 is 0 Å². The van der Waals surface area contributed by atoms with Crippen LogP contribution in [0.15, 0.2) is 48.5 Å². The molecule has 0 aliphatic carbocycles. The summed E-state index contributed by atoms with van der Waals surface area (Å²) in [5.41, 5.74) is 3.69. The first-order chi connectivity index (χ1) is 12.5. The molecule has 6 nitrogen and oxygen atoms in total. The van der Waals surface area contributed by atoms with E-state index >= 15 is 0 Å². The van der Waals surface area contributed by atoms with Gasteiger partial charge in [0.05, 0.1) is 25.6 Å². The lowest BCUT2D eigenvalue weighted by Crippen LogP contribution is -2.16. The smallest absolute Gasteiger partial charge is 0.274 e. The summed E-state index contributed by atoms with van der Waals surface area (Å²) in [4.78, 5) is 12.7. The molecule has 1 N–H and O–H groups in total. The zero-order chi connectivity index (χ0) is 18.7. The van der Waals surface area contributed by atoms with Gasteiger partial charge >= 0.3 is 0 Å². The van der Waals surface area contributed by atoms with Crippen LogP contribution in [0.3, 0.4) is 0 Å². The minimum atomic E-state index is -0.252. The van der Waals surface area contributed by atoms with Gasteiger partial charge in [0.1, 0.15) is 17.2 Å². The molecule has 1 aromatic heterocycles. The molecule has 0 atom stereocenters. The van der Waals surface area contributed by atoms with Crippen LogP contribution in [0.2, 0.25) is 0 Å². The summed E-state index contributed by atoms with van der Waals surface area (Å²) >= 11 is 0. The Morgan fingerprint density at radius 3 is 2.62 bits per heavy atom. The molecule has 0 spiro atoms. The maximum atomic E-state index is 12.7. The molecule has 0 bridgehead atoms. The number of ether oxygens (including phenoxy) is 2. The Morgan fingerprint density at radius 1 is 1.08 bits per heavy atom. The highest BCUT2D eigenvalue weighted by Crippen LogP contribution is 2.27. The molecule has 0 unspecified atom stereocenters. The van der Waals surface area contributed by atoms with Crippen LogP contribution in [0.1, 0.15) is 16.1 Å². The van der Waals surface area contributed by atoms with Crippen molar-refractivity contribution in [2.45, 2.75) is 6.92 Å². The molecular weight excluding hydrogens is 330 g/mol. The summed E-state index contributed by atoms with van der Waals surface area (Å²) in [7, 11) is 4.93. The Bertz CT molecular complexity index is 947. The van der Waals surface area contributed by atoms with Gasteiger partial charge in [0.25, 0.3) is 5.91 Å². The maximum Gasteiger partial charge on any atom is 0.274 e. The fraction of sp³-hybridized carbons (Fsp3) is 0.200. The number of hydrogen-bond donors (Lipinski definition) is 1. The molecule has 134 valence electrons. The molecule has 1 amide bonds. The van der Waals surface area contributed by atoms with Crippen LogP contribution in [-0.2, 0) is 7.05 Å². The first kappa shape index (κ1) is 17.5. The number of nitrogens with one attached hydrogen (secondary N) is 1. The van der Waals surface area contributed by atoms with Crippen molar-refractivity contribution in [2.75, 3.05) is 19.5 Å². The normalized spacial score (nSPS) is 10.5. The van der Waals surface area contributed by atoms with Crippen molar-refractivity contribution in [2.24, 2.45) is 7.05 Å². The number of carbonyl (C=O) groups is 1. The summed E-state index contributed by atoms with van der Waals surface area (Å²) < 4.78 is 12.1. The van der Waals surface area contributed by atoms with Gasteiger partial charge in [-0.1, -0.05) is 18.2 Å². The van der Waals surface area contributed by atoms with Crippen molar-refractivity contribution in [1.82, 2.24) is 9.78 Å². The molecule has 0 aliphatic rings. The lowest BCUT2D eigenvalue weighted by molar-refractivity contribution is 0.101. The second kappa shape index (κ2) is 7.31. The average molecular weight is 351 g/mol. The highest BCUT2D eigenvalue weighted by Gasteiger charge is 2.16. The van der Waals surface area contributed by atoms with E-state index in [4.69, 9.17) is 9.47 Å². The summed E-state index contributed by atoms with van der Waals surface area (Å²) in [5, 5.41) is 7.35. The van der Waals surface area contributed by atoms with Gasteiger partial charge in [0, 0.05) is 12.6 Å². The SMILES string of the molecule is COc1cccc(-c2cc(C(=O)Nc3cc(C)ccc3OC)n(C)n2)c1. The van der Waals surface area contributed by atoms with Crippen molar-refractivity contribution in [1.29, 1.82) is 0 Å². The van der Waals surface area contributed by atoms with E-state index in [0.29, 0.717) is 22.8 Å². The van der Waals surface area contributed by atoms with Crippen LogP contribution in [0.5, 0.6) is 11.5 Å². The van der Waals surface area contributed by atoms with E-state index in [1.54, 1.807) is 32.0 Å². The maximum absolute atomic E-state index is 12.7. The number of nitrogens with zero attached hydrogens (tertiary/aromatic N) is 2. The van der Waals surface area contributed by atoms with Gasteiger partial charge in [-0.15, -0.1) is 0 Å². The number of anilines is 1. The minimum absolute atomic E-state index is 0.252. The summed E-state index contributed by atoms with van der Waals surface area (Å²) in [6.45, 7) is 1.96. The van der Waals surface area contributed by atoms with E-state index in [0.717, 1.165) is 16.9 Å². The van der Waals surface area contributed by atoms with Crippen molar-refractivity contribution in [3.05, 3.63) is 59.8 Å². The van der Waals surface area contributed by atoms with Crippen molar-refractivity contribution in [3.8, 4) is 22.8 Å². The Hall–Kier alpha value is -3.28. The first-order valence-electron chi connectivity index (χ1n) is 8.16. The summed E-state index contributed by atoms with van der Waals surface area (Å²) in [6.07, 6.45) is 0. The predicted molar refractivity (Wildman–Crippen MR) is 101 cm³/mol. The fourth-order valence-corrected chi connectivity index (χ4v) is 2.71. The first-order valence-corrected chi connectivity index (χ1v) is 8.16. The number of methoxy groups -OCH3 is 2. The molecular formula is C20H21N3O3. The predicted octanol–water partition coefficient (Wildman–Crippen LogP) is 3.67. The minimum Gasteiger partial charge on any atom is -0.497 e. The molecule has 2 aromatic carbocycles. The van der Waals surface area contributed by atoms with Gasteiger partial charge in [-0.25, -0.2) is 0 Å². The average Bonchev–Trinajstić information content (AvgIpc) is 3.04. The molecule has 3 aromatic rings. The Labute approximate surface area is 152 Å². The number of amides is 1. The molecule has 0 fully saturated rings. The van der Waals surface area contributed by atoms with E-state index in [2.05, 4.69) is 10.4 Å². The van der Waals surface area contributed by atoms with Crippen LogP contribution in [0.4, 0.5) is 5.69 Å². The van der Waals surface area contributed by atoms with Gasteiger partial charge in [0.15, 0.2) is 0 Å². The molecule has 0 radical (unpaired) electrons. The highest BCUT2D eigenvalue weighted by atomic mass is 16.5. The lowest BCUT2D eigenvalue weighted by atomic mass is 10.1. The molecule has 0 aliphatic heterocycles. The molecule has 0 saturated carbocycles. The number of carbonyl (C=O) groups excluding carboxylic acids is 1. The number of aryl methyl sites for hydroxylation is 2. The molecule has 26 heavy (non-hydrogen) atoms. The number of aromatic nitrogens is 2. The quantitative estimate of drug-likeness (QED) is 0.762. The Balaban J connectivity index is 1.89. The van der Waals surface area contributed by atoms with Crippen molar-refractivity contribution in [3.63, 3.8) is 0 Å². The zero-order valence-electron chi connectivity index (χ0n) is 15.2. The standard InChI is InChI=1S/C20H21N3O3/c1-13-8-9-19(26-4)17(10-13)21-20(24)18-12-16(22-23(18)2)14-6-5-7-15(11-14)25-3/h5-12H,1-4H3,(H,21,24). The molecule has 6 heteroatoms. The monoisotopic (exact) mass is 351 g/mol. The van der Waals surface area contributed by atoms with Gasteiger partial charge < -0.3 is 14.8 Å². The Kier molecular flexibility index (Phi) is 4.93. The van der Waals surface area contributed by atoms with E-state index in [9.17, 15) is 4.79 Å². The van der Waals surface area contributed by atoms with Crippen LogP contribution in [0.25, 0.3) is 11.3 Å². The number of benzene rings is 2. The largest absolute Gasteiger partial charge is 0.497 e. The number of rotatable bonds is 5. The van der Waals surface area contributed by atoms with Crippen molar-refractivity contribution >= 4 is 11.6 Å². The fourth-order valence-electron chi connectivity index (χ4n) is 2.71. The third-order valence-electron chi connectivity index (χ3n) is 4.08. The van der Waals surface area contributed by atoms with Gasteiger partial charge in [-0.3, -0.25) is 9.48 Å². The Morgan fingerprint density at radius 2 is 1.88 bits per heavy atom. The van der Waals surface area contributed by atoms with Crippen LogP contribution < -0.4 is 14.8 Å². The summed E-state index contributed by atoms with van der Waals surface area (Å²) in [5.74, 6) is 1.10. The van der Waals surface area contributed by atoms with Crippen LogP contribution in [-0.4, -0.2) is 29.9 Å². The third-order valence-corrected chi connectivity index (χ3v) is 4.08. The van der Waals surface area contributed by atoms with E-state index in [1.807, 2.05) is 49.4 Å². The second-order valence-corrected chi connectivity index (χ2v) is 5.93. The second-order valence-electron chi connectivity index (χ2n) is 5.93. The highest BCUT2D eigenvalue weighted by molar-refractivity contribution is 6.04. The lowest BCUT2D eigenvalue weighted by Gasteiger charge is -2.10. The number of hydrogen-bond acceptors (Lipinski definition) is 4. The zero-order valence-corrected chi connectivity index (χ0v) is 15.2. The van der Waals surface area contributed by atoms with Crippen molar-refractivity contribution < 1.29 is 14.3 Å². The van der Waals surface area contributed by atoms with Gasteiger partial charge in [-0.05, 0) is 42.8 Å². The topological polar surface area (TPSA) is 65.4 Å². The van der Waals surface area contributed by atoms with Gasteiger partial charge in [0.2, 0.25) is 0 Å². The molecule has 0 saturated heterocycles. The molecule has 3 rings (SSSR count).